The Bertz CT molecular complexity index is 5290. The van der Waals surface area contributed by atoms with E-state index in [1.54, 1.807) is 40.7 Å². The molecular formula is C106H157ClKN12O13P. The monoisotopic (exact) mass is 1910 g/mol. The van der Waals surface area contributed by atoms with Gasteiger partial charge in [0.2, 0.25) is 5.91 Å². The smallest absolute Gasteiger partial charge is 0.870 e. The van der Waals surface area contributed by atoms with Crippen LogP contribution in [0.15, 0.2) is 174 Å². The standard InChI is InChI=1S/C30H40N4O.C20H28N2O2.C18H24N2O2.C15H20N2O.C12H18N2.C9H19O5P.C2H6O.ClH.K.H2O/c1-24(30(35)33-21-19-32(20-22-33)18-15-26-11-6-5-7-12-26)23-28-25(2)34(17-10-16-31(3)4)29-14-9-8-13-27(28)29;1-6-24-20(23)15(2)14-18-16(3)22(13-9-12-21(4)5)19-11-8-7-10-17(18)19;1-13(18(21)22)12-16-14(2)20(11-7-10-19(3)4)17-9-6-5-8-15(16)17;1-12-14(11-18)13-7-4-5-8-15(13)17(12)10-6-9-16(2)3;1-2-4-12(5-3-1)6-9-14-10-7-13-8-11-14;1-5-12-9(10)8(4)15(11,13-6-2)14-7-3;1-2-3;;;/h5-9,11-14,23H,10,15-22H2,1-4H3;7-8,10-11,14H,6,9,12-13H2,1-5H3;5-6,8-9,12H,7,10-11H2,1-4H3,(H,21,22);4-5,7-8,11H,6,9-10H2,1-3H3;1-5,13H,6-11H2;8H,5-7H2,1-4H3;3H,2H2,1H3;1H;;1H2/q;;;;;;;;+1;/p-1/b24-23+;15-14+;13-12+;;;;;;;. The van der Waals surface area contributed by atoms with Crippen LogP contribution in [0, 0.1) is 27.7 Å². The molecule has 4 N–H and O–H groups in total. The summed E-state index contributed by atoms with van der Waals surface area (Å²) in [6.45, 7) is 43.8. The number of halogens is 1. The number of carboxylic acid groups (broad SMARTS) is 1. The van der Waals surface area contributed by atoms with E-state index < -0.39 is 25.2 Å². The van der Waals surface area contributed by atoms with E-state index in [0.717, 1.165) is 187 Å². The second-order valence-corrected chi connectivity index (χ2v) is 36.6. The molecule has 1 amide bonds. The Labute approximate surface area is 848 Å². The van der Waals surface area contributed by atoms with Crippen molar-refractivity contribution in [3.05, 3.63) is 231 Å². The summed E-state index contributed by atoms with van der Waals surface area (Å²) >= 11 is 0. The number of aromatic nitrogens is 4. The van der Waals surface area contributed by atoms with Crippen LogP contribution in [-0.2, 0) is 81.3 Å². The molecule has 134 heavy (non-hydrogen) atoms. The van der Waals surface area contributed by atoms with Gasteiger partial charge in [-0.25, -0.2) is 9.59 Å². The number of aryl methyl sites for hydroxylation is 4. The number of aliphatic hydroxyl groups is 1. The number of ether oxygens (including phenoxy) is 2. The number of carbonyl (C=O) groups excluding carboxylic acids is 4. The van der Waals surface area contributed by atoms with Gasteiger partial charge in [0, 0.05) is 204 Å². The van der Waals surface area contributed by atoms with Gasteiger partial charge in [-0.15, -0.1) is 12.4 Å². The molecule has 4 aromatic heterocycles. The maximum absolute atomic E-state index is 13.3. The Morgan fingerprint density at radius 3 is 1.07 bits per heavy atom. The molecule has 12 rings (SSSR count). The van der Waals surface area contributed by atoms with Gasteiger partial charge < -0.3 is 87.2 Å². The molecule has 28 heteroatoms. The first kappa shape index (κ1) is 120. The summed E-state index contributed by atoms with van der Waals surface area (Å²) in [5.41, 5.74) is 17.3. The van der Waals surface area contributed by atoms with E-state index in [4.69, 9.17) is 28.7 Å². The Balaban J connectivity index is 0.000000421. The van der Waals surface area contributed by atoms with Crippen LogP contribution in [0.4, 0.5) is 0 Å². The Hall–Kier alpha value is -8.03. The number of aliphatic hydroxyl groups excluding tert-OH is 1. The molecule has 0 saturated carbocycles. The number of esters is 2. The molecule has 10 aromatic rings. The topological polar surface area (TPSA) is 264 Å². The van der Waals surface area contributed by atoms with Gasteiger partial charge in [0.1, 0.15) is 0 Å². The average Bonchev–Trinajstić information content (AvgIpc) is 1.63. The fourth-order valence-corrected chi connectivity index (χ4v) is 17.7. The van der Waals surface area contributed by atoms with Crippen molar-refractivity contribution in [2.24, 2.45) is 0 Å². The molecule has 0 bridgehead atoms. The molecule has 25 nitrogen and oxygen atoms in total. The van der Waals surface area contributed by atoms with E-state index in [9.17, 15) is 28.5 Å². The zero-order valence-electron chi connectivity index (χ0n) is 84.6. The van der Waals surface area contributed by atoms with Crippen LogP contribution in [0.2, 0.25) is 0 Å². The van der Waals surface area contributed by atoms with Crippen LogP contribution in [0.1, 0.15) is 149 Å². The number of carboxylic acids is 1. The summed E-state index contributed by atoms with van der Waals surface area (Å²) < 4.78 is 41.3. The molecule has 0 radical (unpaired) electrons. The Morgan fingerprint density at radius 1 is 0.440 bits per heavy atom. The minimum Gasteiger partial charge on any atom is -0.870 e. The largest absolute Gasteiger partial charge is 1.00 e. The number of rotatable bonds is 37. The van der Waals surface area contributed by atoms with Gasteiger partial charge in [-0.3, -0.25) is 23.8 Å². The van der Waals surface area contributed by atoms with Crippen molar-refractivity contribution in [2.75, 3.05) is 181 Å². The zero-order chi connectivity index (χ0) is 96.1. The van der Waals surface area contributed by atoms with Crippen molar-refractivity contribution in [1.29, 1.82) is 0 Å². The minimum atomic E-state index is -3.37. The van der Waals surface area contributed by atoms with Crippen LogP contribution in [0.5, 0.6) is 0 Å². The SMILES string of the molecule is C/C(=C\c1c(C)n(CCCN(C)C)c2ccccc12)C(=O)N1CCN(CCc2ccccc2)CC1.C/C(=C\c1c(C)n(CCCN(C)C)c2ccccc12)C(=O)O.CCO.CCOC(=O)/C(C)=C/c1c(C)n(CCCN(C)C)c2ccccc12.CCOC(=O)C(C)P(=O)(OCC)OCC.Cc1c(C=O)c2ccccc2n1CCCN(C)C.Cl.[K+].[OH-].c1ccc(CCN2CCNCC2)cc1. The van der Waals surface area contributed by atoms with Crippen molar-refractivity contribution in [3.63, 3.8) is 0 Å². The molecule has 2 fully saturated rings. The number of amides is 1. The number of hydrogen-bond acceptors (Lipinski definition) is 19. The third-order valence-corrected chi connectivity index (χ3v) is 25.6. The summed E-state index contributed by atoms with van der Waals surface area (Å²) in [5.74, 6) is -1.51. The van der Waals surface area contributed by atoms with E-state index in [1.807, 2.05) is 75.1 Å². The quantitative estimate of drug-likeness (QED) is 0.0107. The number of nitrogens with zero attached hydrogens (tertiary/aromatic N) is 11. The second-order valence-electron chi connectivity index (χ2n) is 34.2. The summed E-state index contributed by atoms with van der Waals surface area (Å²) in [6.07, 6.45) is 13.4. The number of nitrogens with one attached hydrogen (secondary N) is 1. The third kappa shape index (κ3) is 38.0. The molecule has 1 atom stereocenters. The van der Waals surface area contributed by atoms with Crippen LogP contribution in [0.25, 0.3) is 61.8 Å². The molecule has 0 aliphatic carbocycles. The van der Waals surface area contributed by atoms with Crippen molar-refractivity contribution in [3.8, 4) is 0 Å². The molecule has 0 spiro atoms. The molecule has 2 aliphatic rings. The average molecular weight is 1910 g/mol. The summed E-state index contributed by atoms with van der Waals surface area (Å²) in [4.78, 5) is 74.8. The second kappa shape index (κ2) is 64.2. The maximum atomic E-state index is 13.3. The minimum absolute atomic E-state index is 0. The molecule has 732 valence electrons. The number of benzene rings is 6. The molecule has 1 unspecified atom stereocenters. The fraction of sp³-hybridized carbons (Fsp3) is 0.481. The van der Waals surface area contributed by atoms with E-state index in [0.29, 0.717) is 17.8 Å². The zero-order valence-corrected chi connectivity index (χ0v) is 89.4. The summed E-state index contributed by atoms with van der Waals surface area (Å²) in [5, 5.41) is 24.7. The normalized spacial score (nSPS) is 13.3. The van der Waals surface area contributed by atoms with Crippen molar-refractivity contribution >= 4 is 112 Å². The van der Waals surface area contributed by atoms with Gasteiger partial charge in [0.25, 0.3) is 0 Å². The van der Waals surface area contributed by atoms with Crippen LogP contribution in [-0.4, -0.2) is 285 Å². The summed E-state index contributed by atoms with van der Waals surface area (Å²) in [6, 6.07) is 54.6. The van der Waals surface area contributed by atoms with Gasteiger partial charge >= 0.3 is 76.9 Å². The van der Waals surface area contributed by atoms with Gasteiger partial charge in [-0.2, -0.15) is 0 Å². The number of fused-ring (bicyclic) bond motifs is 4. The number of aldehydes is 1. The predicted octanol–water partition coefficient (Wildman–Crippen LogP) is 15.2. The molecule has 2 saturated heterocycles. The van der Waals surface area contributed by atoms with E-state index in [1.165, 1.54) is 88.4 Å². The maximum Gasteiger partial charge on any atom is 1.00 e. The van der Waals surface area contributed by atoms with Gasteiger partial charge in [0.05, 0.1) is 26.4 Å². The molecule has 2 aliphatic heterocycles. The number of hydrogen-bond donors (Lipinski definition) is 3. The Kier molecular flexibility index (Phi) is 57.5. The number of aliphatic carboxylic acids is 1. The molecular weight excluding hydrogens is 1750 g/mol. The summed E-state index contributed by atoms with van der Waals surface area (Å²) in [7, 11) is 13.4. The van der Waals surface area contributed by atoms with Crippen molar-refractivity contribution in [2.45, 2.75) is 160 Å². The first-order valence-electron chi connectivity index (χ1n) is 46.8. The first-order valence-corrected chi connectivity index (χ1v) is 48.4. The van der Waals surface area contributed by atoms with Crippen LogP contribution < -0.4 is 56.7 Å². The van der Waals surface area contributed by atoms with E-state index >= 15 is 0 Å². The molecule has 6 aromatic carbocycles. The predicted molar refractivity (Wildman–Crippen MR) is 552 cm³/mol. The molecule has 6 heterocycles. The van der Waals surface area contributed by atoms with Gasteiger partial charge in [0.15, 0.2) is 11.9 Å². The number of para-hydroxylation sites is 4. The van der Waals surface area contributed by atoms with Crippen molar-refractivity contribution < 1.29 is 114 Å². The van der Waals surface area contributed by atoms with E-state index in [-0.39, 0.29) is 108 Å². The number of piperazine rings is 2. The number of carbonyl (C=O) groups is 5. The van der Waals surface area contributed by atoms with Crippen LogP contribution in [0.3, 0.4) is 0 Å². The van der Waals surface area contributed by atoms with Gasteiger partial charge in [-0.1, -0.05) is 133 Å². The van der Waals surface area contributed by atoms with Crippen molar-refractivity contribution in [1.82, 2.24) is 57.9 Å². The Morgan fingerprint density at radius 2 is 0.746 bits per heavy atom. The van der Waals surface area contributed by atoms with Gasteiger partial charge in [-0.05, 0) is 265 Å². The third-order valence-electron chi connectivity index (χ3n) is 23.2. The fourth-order valence-electron chi connectivity index (χ4n) is 16.2. The first-order chi connectivity index (χ1) is 62.8. The van der Waals surface area contributed by atoms with Crippen LogP contribution >= 0.6 is 20.0 Å². The van der Waals surface area contributed by atoms with E-state index in [2.05, 4.69) is 258 Å².